The lowest BCUT2D eigenvalue weighted by Crippen LogP contribution is -1.84. The lowest BCUT2D eigenvalue weighted by molar-refractivity contribution is 0.394. The van der Waals surface area contributed by atoms with E-state index in [1.807, 2.05) is 24.3 Å². The summed E-state index contributed by atoms with van der Waals surface area (Å²) in [5, 5.41) is 12.0. The van der Waals surface area contributed by atoms with Gasteiger partial charge >= 0.3 is 0 Å². The van der Waals surface area contributed by atoms with Crippen molar-refractivity contribution >= 4 is 12.4 Å². The number of hydrogen-bond donors (Lipinski definition) is 0. The van der Waals surface area contributed by atoms with Gasteiger partial charge in [-0.2, -0.15) is 0 Å². The molecule has 0 radical (unpaired) electrons. The molecule has 0 atom stereocenters. The summed E-state index contributed by atoms with van der Waals surface area (Å²) in [6.07, 6.45) is 0. The zero-order valence-electron chi connectivity index (χ0n) is 7.43. The first kappa shape index (κ1) is 14.1. The molecular formula is C8H11ClN2O2. The predicted octanol–water partition coefficient (Wildman–Crippen LogP) is 2.16. The lowest BCUT2D eigenvalue weighted by Gasteiger charge is -2.01. The largest absolute Gasteiger partial charge is 0.497 e. The van der Waals surface area contributed by atoms with Crippen LogP contribution in [0, 0.1) is 10.8 Å². The Morgan fingerprint density at radius 1 is 1.00 bits per heavy atom. The van der Waals surface area contributed by atoms with Crippen molar-refractivity contribution in [2.24, 2.45) is 0 Å². The van der Waals surface area contributed by atoms with Gasteiger partial charge in [0.1, 0.15) is 11.5 Å². The van der Waals surface area contributed by atoms with Crippen LogP contribution in [0.5, 0.6) is 11.5 Å². The molecule has 0 unspecified atom stereocenters. The second-order valence-electron chi connectivity index (χ2n) is 1.88. The van der Waals surface area contributed by atoms with Gasteiger partial charge in [0, 0.05) is 16.9 Å². The second kappa shape index (κ2) is 8.62. The number of hydrogen-bond acceptors (Lipinski definition) is 4. The lowest BCUT2D eigenvalue weighted by atomic mass is 10.3. The third kappa shape index (κ3) is 4.88. The quantitative estimate of drug-likeness (QED) is 0.690. The molecule has 0 aliphatic rings. The molecular weight excluding hydrogens is 192 g/mol. The second-order valence-corrected chi connectivity index (χ2v) is 1.88. The average molecular weight is 203 g/mol. The topological polar surface area (TPSA) is 66.0 Å². The van der Waals surface area contributed by atoms with Crippen LogP contribution in [0.1, 0.15) is 0 Å². The molecule has 5 heteroatoms. The van der Waals surface area contributed by atoms with Crippen LogP contribution in [-0.2, 0) is 0 Å². The first-order valence-corrected chi connectivity index (χ1v) is 3.25. The Morgan fingerprint density at radius 2 is 1.38 bits per heavy atom. The molecule has 0 bridgehead atoms. The minimum atomic E-state index is 0. The molecule has 1 aromatic carbocycles. The first-order chi connectivity index (χ1) is 5.86. The fourth-order valence-electron chi connectivity index (χ4n) is 0.728. The highest BCUT2D eigenvalue weighted by atomic mass is 35.5. The summed E-state index contributed by atoms with van der Waals surface area (Å²) < 4.78 is 9.95. The molecule has 72 valence electrons. The molecule has 0 aromatic heterocycles. The Hall–Kier alpha value is -1.47. The van der Waals surface area contributed by atoms with Gasteiger partial charge in [-0.3, -0.25) is 0 Å². The molecule has 0 heterocycles. The van der Waals surface area contributed by atoms with Gasteiger partial charge in [-0.05, 0) is 12.1 Å². The van der Waals surface area contributed by atoms with Crippen molar-refractivity contribution in [3.8, 4) is 11.5 Å². The highest BCUT2D eigenvalue weighted by molar-refractivity contribution is 5.85. The van der Waals surface area contributed by atoms with Crippen LogP contribution in [0.2, 0.25) is 0 Å². The van der Waals surface area contributed by atoms with E-state index >= 15 is 0 Å². The molecule has 0 saturated heterocycles. The van der Waals surface area contributed by atoms with Crippen molar-refractivity contribution in [1.82, 2.24) is 0 Å². The van der Waals surface area contributed by atoms with E-state index in [4.69, 9.17) is 20.3 Å². The van der Waals surface area contributed by atoms with Gasteiger partial charge in [0.2, 0.25) is 0 Å². The number of rotatable bonds is 2. The van der Waals surface area contributed by atoms with Crippen LogP contribution >= 0.6 is 12.4 Å². The Balaban J connectivity index is 0. The maximum atomic E-state index is 6.00. The number of halogens is 1. The highest BCUT2D eigenvalue weighted by Gasteiger charge is 1.91. The van der Waals surface area contributed by atoms with Gasteiger partial charge in [0.25, 0.3) is 0 Å². The Morgan fingerprint density at radius 3 is 1.69 bits per heavy atom. The minimum Gasteiger partial charge on any atom is -0.497 e. The smallest absolute Gasteiger partial charge is 0.122 e. The zero-order valence-corrected chi connectivity index (χ0v) is 8.25. The number of nitrogens with zero attached hydrogens (tertiary/aromatic N) is 2. The summed E-state index contributed by atoms with van der Waals surface area (Å²) in [4.78, 5) is 0. The van der Waals surface area contributed by atoms with E-state index in [1.165, 1.54) is 0 Å². The van der Waals surface area contributed by atoms with Crippen LogP contribution < -0.4 is 9.47 Å². The van der Waals surface area contributed by atoms with Crippen LogP contribution in [-0.4, -0.2) is 14.2 Å². The molecule has 0 fully saturated rings. The molecule has 1 rings (SSSR count). The zero-order chi connectivity index (χ0) is 9.40. The van der Waals surface area contributed by atoms with Gasteiger partial charge in [0.15, 0.2) is 0 Å². The number of ether oxygens (including phenoxy) is 2. The molecule has 0 spiro atoms. The van der Waals surface area contributed by atoms with E-state index < -0.39 is 0 Å². The summed E-state index contributed by atoms with van der Waals surface area (Å²) in [5.41, 5.74) is 0. The molecule has 1 aromatic rings. The van der Waals surface area contributed by atoms with Crippen molar-refractivity contribution in [2.75, 3.05) is 14.2 Å². The molecule has 0 N–H and O–H groups in total. The van der Waals surface area contributed by atoms with E-state index in [9.17, 15) is 0 Å². The van der Waals surface area contributed by atoms with Crippen molar-refractivity contribution in [3.05, 3.63) is 24.3 Å². The van der Waals surface area contributed by atoms with Crippen LogP contribution in [0.15, 0.2) is 24.3 Å². The minimum absolute atomic E-state index is 0. The van der Waals surface area contributed by atoms with Crippen molar-refractivity contribution in [2.45, 2.75) is 0 Å². The summed E-state index contributed by atoms with van der Waals surface area (Å²) in [6, 6.07) is 7.47. The summed E-state index contributed by atoms with van der Waals surface area (Å²) in [6.45, 7) is 0. The van der Waals surface area contributed by atoms with Crippen molar-refractivity contribution in [3.63, 3.8) is 0 Å². The van der Waals surface area contributed by atoms with E-state index in [0.717, 1.165) is 11.5 Å². The number of methoxy groups -OCH3 is 2. The van der Waals surface area contributed by atoms with Crippen molar-refractivity contribution in [1.29, 1.82) is 10.8 Å². The van der Waals surface area contributed by atoms with E-state index in [0.29, 0.717) is 0 Å². The maximum Gasteiger partial charge on any atom is 0.122 e. The van der Waals surface area contributed by atoms with Crippen molar-refractivity contribution < 1.29 is 9.47 Å². The molecule has 0 saturated carbocycles. The summed E-state index contributed by atoms with van der Waals surface area (Å²) >= 11 is 0. The SMILES string of the molecule is COc1cccc(OC)c1.Cl.N#N. The summed E-state index contributed by atoms with van der Waals surface area (Å²) in [7, 11) is 3.27. The molecule has 0 amide bonds. The van der Waals surface area contributed by atoms with Crippen LogP contribution in [0.3, 0.4) is 0 Å². The van der Waals surface area contributed by atoms with E-state index in [-0.39, 0.29) is 12.4 Å². The van der Waals surface area contributed by atoms with Crippen LogP contribution in [0.4, 0.5) is 0 Å². The fourth-order valence-corrected chi connectivity index (χ4v) is 0.728. The molecule has 13 heavy (non-hydrogen) atoms. The van der Waals surface area contributed by atoms with E-state index in [2.05, 4.69) is 0 Å². The third-order valence-electron chi connectivity index (χ3n) is 1.28. The van der Waals surface area contributed by atoms with Gasteiger partial charge in [-0.15, -0.1) is 12.4 Å². The first-order valence-electron chi connectivity index (χ1n) is 3.25. The third-order valence-corrected chi connectivity index (χ3v) is 1.28. The van der Waals surface area contributed by atoms with Crippen LogP contribution in [0.25, 0.3) is 0 Å². The fraction of sp³-hybridized carbons (Fsp3) is 0.250. The average Bonchev–Trinajstić information content (AvgIpc) is 2.21. The highest BCUT2D eigenvalue weighted by Crippen LogP contribution is 2.17. The van der Waals surface area contributed by atoms with Gasteiger partial charge in [-0.25, -0.2) is 0 Å². The molecule has 0 aliphatic carbocycles. The van der Waals surface area contributed by atoms with Gasteiger partial charge < -0.3 is 9.47 Å². The predicted molar refractivity (Wildman–Crippen MR) is 50.2 cm³/mol. The normalized spacial score (nSPS) is 7.08. The number of benzene rings is 1. The Kier molecular flexibility index (Phi) is 9.34. The maximum absolute atomic E-state index is 6.00. The molecule has 4 nitrogen and oxygen atoms in total. The monoisotopic (exact) mass is 202 g/mol. The molecule has 0 aliphatic heterocycles. The van der Waals surface area contributed by atoms with Gasteiger partial charge in [-0.1, -0.05) is 6.07 Å². The van der Waals surface area contributed by atoms with E-state index in [1.54, 1.807) is 14.2 Å². The van der Waals surface area contributed by atoms with Gasteiger partial charge in [0.05, 0.1) is 14.2 Å². The Labute approximate surface area is 83.3 Å². The Bertz CT molecular complexity index is 234. The summed E-state index contributed by atoms with van der Waals surface area (Å²) in [5.74, 6) is 1.64. The standard InChI is InChI=1S/C8H10O2.ClH.N2/c1-9-7-4-3-5-8(6-7)10-2;;1-2/h3-6H,1-2H3;1H;.